The van der Waals surface area contributed by atoms with Crippen LogP contribution in [0, 0.1) is 0 Å². The molecule has 0 spiro atoms. The van der Waals surface area contributed by atoms with Crippen molar-refractivity contribution in [3.05, 3.63) is 12.1 Å². The monoisotopic (exact) mass is 309 g/mol. The van der Waals surface area contributed by atoms with Gasteiger partial charge in [0.05, 0.1) is 5.25 Å². The molecule has 5 nitrogen and oxygen atoms in total. The summed E-state index contributed by atoms with van der Waals surface area (Å²) < 4.78 is 25.0. The summed E-state index contributed by atoms with van der Waals surface area (Å²) in [4.78, 5) is 0. The summed E-state index contributed by atoms with van der Waals surface area (Å²) in [5.74, 6) is 0.685. The van der Waals surface area contributed by atoms with Crippen molar-refractivity contribution in [3.63, 3.8) is 0 Å². The maximum absolute atomic E-state index is 12.5. The van der Waals surface area contributed by atoms with Crippen LogP contribution in [-0.4, -0.2) is 29.9 Å². The molecular weight excluding hydrogens is 286 g/mol. The number of hydrogen-bond acceptors (Lipinski definition) is 5. The molecule has 6 heteroatoms. The fourth-order valence-electron chi connectivity index (χ4n) is 3.37. The molecule has 2 saturated carbocycles. The van der Waals surface area contributed by atoms with Crippen LogP contribution in [0.4, 0.5) is 5.82 Å². The van der Waals surface area contributed by atoms with Crippen molar-refractivity contribution >= 4 is 15.7 Å². The molecule has 0 atom stereocenters. The van der Waals surface area contributed by atoms with Gasteiger partial charge in [-0.05, 0) is 37.8 Å². The molecule has 3 rings (SSSR count). The Bertz CT molecular complexity index is 559. The molecular formula is C15H23N3O2S. The van der Waals surface area contributed by atoms with Crippen molar-refractivity contribution in [2.45, 2.75) is 74.1 Å². The molecule has 2 aliphatic rings. The van der Waals surface area contributed by atoms with Gasteiger partial charge < -0.3 is 5.32 Å². The predicted octanol–water partition coefficient (Wildman–Crippen LogP) is 2.94. The smallest absolute Gasteiger partial charge is 0.200 e. The Kier molecular flexibility index (Phi) is 4.42. The number of nitrogens with zero attached hydrogens (tertiary/aromatic N) is 2. The first-order valence-corrected chi connectivity index (χ1v) is 9.55. The van der Waals surface area contributed by atoms with Crippen molar-refractivity contribution in [2.75, 3.05) is 5.32 Å². The molecule has 2 fully saturated rings. The van der Waals surface area contributed by atoms with E-state index in [0.717, 1.165) is 44.9 Å². The first kappa shape index (κ1) is 14.8. The van der Waals surface area contributed by atoms with Gasteiger partial charge in [-0.3, -0.25) is 0 Å². The standard InChI is InChI=1S/C15H23N3O2S/c19-21(20,13-8-2-1-3-9-13)15-11-10-14(17-18-15)16-12-6-4-5-7-12/h10-13H,1-9H2,(H,16,17). The number of anilines is 1. The lowest BCUT2D eigenvalue weighted by Gasteiger charge is -2.21. The fourth-order valence-corrected chi connectivity index (χ4v) is 5.08. The maximum atomic E-state index is 12.5. The third-order valence-electron chi connectivity index (χ3n) is 4.63. The molecule has 1 aromatic rings. The van der Waals surface area contributed by atoms with E-state index >= 15 is 0 Å². The highest BCUT2D eigenvalue weighted by atomic mass is 32.2. The number of aromatic nitrogens is 2. The molecule has 0 saturated heterocycles. The molecule has 1 N–H and O–H groups in total. The van der Waals surface area contributed by atoms with Crippen molar-refractivity contribution in [3.8, 4) is 0 Å². The Morgan fingerprint density at radius 2 is 1.57 bits per heavy atom. The average molecular weight is 309 g/mol. The normalized spacial score (nSPS) is 21.5. The highest BCUT2D eigenvalue weighted by Gasteiger charge is 2.30. The second-order valence-electron chi connectivity index (χ2n) is 6.19. The van der Waals surface area contributed by atoms with Crippen molar-refractivity contribution < 1.29 is 8.42 Å². The second-order valence-corrected chi connectivity index (χ2v) is 8.36. The summed E-state index contributed by atoms with van der Waals surface area (Å²) in [6.07, 6.45) is 9.46. The van der Waals surface area contributed by atoms with Crippen LogP contribution in [0.5, 0.6) is 0 Å². The topological polar surface area (TPSA) is 72.0 Å². The number of sulfone groups is 1. The average Bonchev–Trinajstić information content (AvgIpc) is 3.02. The van der Waals surface area contributed by atoms with Gasteiger partial charge in [0.15, 0.2) is 14.9 Å². The molecule has 1 aromatic heterocycles. The molecule has 0 bridgehead atoms. The number of nitrogens with one attached hydrogen (secondary N) is 1. The van der Waals surface area contributed by atoms with Gasteiger partial charge in [-0.15, -0.1) is 10.2 Å². The van der Waals surface area contributed by atoms with E-state index in [2.05, 4.69) is 15.5 Å². The minimum absolute atomic E-state index is 0.131. The third-order valence-corrected chi connectivity index (χ3v) is 6.78. The van der Waals surface area contributed by atoms with Crippen LogP contribution in [0.1, 0.15) is 57.8 Å². The first-order chi connectivity index (χ1) is 10.2. The van der Waals surface area contributed by atoms with Crippen molar-refractivity contribution in [2.24, 2.45) is 0 Å². The van der Waals surface area contributed by atoms with E-state index in [1.54, 1.807) is 12.1 Å². The number of hydrogen-bond donors (Lipinski definition) is 1. The molecule has 21 heavy (non-hydrogen) atoms. The predicted molar refractivity (Wildman–Crippen MR) is 82.0 cm³/mol. The summed E-state index contributed by atoms with van der Waals surface area (Å²) in [6.45, 7) is 0. The summed E-state index contributed by atoms with van der Waals surface area (Å²) in [5.41, 5.74) is 0. The fraction of sp³-hybridized carbons (Fsp3) is 0.733. The van der Waals surface area contributed by atoms with Gasteiger partial charge in [0.25, 0.3) is 0 Å². The van der Waals surface area contributed by atoms with Crippen LogP contribution in [-0.2, 0) is 9.84 Å². The minimum atomic E-state index is -3.31. The zero-order chi connectivity index (χ0) is 14.7. The lowest BCUT2D eigenvalue weighted by atomic mass is 10.0. The van der Waals surface area contributed by atoms with Gasteiger partial charge >= 0.3 is 0 Å². The summed E-state index contributed by atoms with van der Waals surface area (Å²) in [5, 5.41) is 11.2. The van der Waals surface area contributed by atoms with Gasteiger partial charge in [0.1, 0.15) is 5.82 Å². The van der Waals surface area contributed by atoms with Crippen LogP contribution in [0.15, 0.2) is 17.2 Å². The Labute approximate surface area is 126 Å². The third kappa shape index (κ3) is 3.36. The van der Waals surface area contributed by atoms with Gasteiger partial charge in [0.2, 0.25) is 0 Å². The molecule has 0 unspecified atom stereocenters. The van der Waals surface area contributed by atoms with Crippen LogP contribution in [0.2, 0.25) is 0 Å². The van der Waals surface area contributed by atoms with E-state index in [-0.39, 0.29) is 10.3 Å². The lowest BCUT2D eigenvalue weighted by Crippen LogP contribution is -2.25. The van der Waals surface area contributed by atoms with E-state index < -0.39 is 9.84 Å². The Morgan fingerprint density at radius 1 is 0.905 bits per heavy atom. The number of rotatable bonds is 4. The zero-order valence-corrected chi connectivity index (χ0v) is 13.1. The van der Waals surface area contributed by atoms with E-state index in [0.29, 0.717) is 11.9 Å². The van der Waals surface area contributed by atoms with E-state index in [1.165, 1.54) is 12.8 Å². The highest BCUT2D eigenvalue weighted by molar-refractivity contribution is 7.92. The summed E-state index contributed by atoms with van der Waals surface area (Å²) in [7, 11) is -3.31. The van der Waals surface area contributed by atoms with Gasteiger partial charge in [-0.25, -0.2) is 8.42 Å². The van der Waals surface area contributed by atoms with Gasteiger partial charge in [-0.1, -0.05) is 32.1 Å². The van der Waals surface area contributed by atoms with Crippen LogP contribution >= 0.6 is 0 Å². The lowest BCUT2D eigenvalue weighted by molar-refractivity contribution is 0.481. The summed E-state index contributed by atoms with van der Waals surface area (Å²) in [6, 6.07) is 3.81. The minimum Gasteiger partial charge on any atom is -0.366 e. The quantitative estimate of drug-likeness (QED) is 0.926. The Balaban J connectivity index is 1.70. The maximum Gasteiger partial charge on any atom is 0.200 e. The molecule has 0 radical (unpaired) electrons. The van der Waals surface area contributed by atoms with Gasteiger partial charge in [0, 0.05) is 6.04 Å². The first-order valence-electron chi connectivity index (χ1n) is 8.00. The molecule has 0 aromatic carbocycles. The molecule has 0 amide bonds. The largest absolute Gasteiger partial charge is 0.366 e. The SMILES string of the molecule is O=S(=O)(c1ccc(NC2CCCC2)nn1)C1CCCCC1. The van der Waals surface area contributed by atoms with E-state index in [1.807, 2.05) is 0 Å². The Hall–Kier alpha value is -1.17. The zero-order valence-electron chi connectivity index (χ0n) is 12.3. The highest BCUT2D eigenvalue weighted by Crippen LogP contribution is 2.28. The second kappa shape index (κ2) is 6.30. The van der Waals surface area contributed by atoms with Crippen molar-refractivity contribution in [1.29, 1.82) is 0 Å². The van der Waals surface area contributed by atoms with Crippen LogP contribution in [0.3, 0.4) is 0 Å². The molecule has 116 valence electrons. The Morgan fingerprint density at radius 3 is 2.19 bits per heavy atom. The molecule has 1 heterocycles. The molecule has 0 aliphatic heterocycles. The van der Waals surface area contributed by atoms with Crippen LogP contribution < -0.4 is 5.32 Å². The van der Waals surface area contributed by atoms with Crippen LogP contribution in [0.25, 0.3) is 0 Å². The van der Waals surface area contributed by atoms with Crippen molar-refractivity contribution in [1.82, 2.24) is 10.2 Å². The van der Waals surface area contributed by atoms with E-state index in [4.69, 9.17) is 0 Å². The summed E-state index contributed by atoms with van der Waals surface area (Å²) >= 11 is 0. The molecule has 2 aliphatic carbocycles. The van der Waals surface area contributed by atoms with Gasteiger partial charge in [-0.2, -0.15) is 0 Å². The van der Waals surface area contributed by atoms with E-state index in [9.17, 15) is 8.42 Å².